The van der Waals surface area contributed by atoms with Gasteiger partial charge in [0.05, 0.1) is 0 Å². The van der Waals surface area contributed by atoms with Crippen molar-refractivity contribution in [2.24, 2.45) is 10.9 Å². The van der Waals surface area contributed by atoms with Gasteiger partial charge in [0.2, 0.25) is 0 Å². The van der Waals surface area contributed by atoms with Gasteiger partial charge in [-0.3, -0.25) is 4.90 Å². The van der Waals surface area contributed by atoms with Crippen LogP contribution in [0.4, 0.5) is 5.82 Å². The molecule has 3 N–H and O–H groups in total. The largest absolute Gasteiger partial charge is 0.409 e. The molecule has 0 bridgehead atoms. The van der Waals surface area contributed by atoms with Gasteiger partial charge in [-0.15, -0.1) is 0 Å². The molecule has 2 heterocycles. The number of hydrogen-bond acceptors (Lipinski definition) is 6. The highest BCUT2D eigenvalue weighted by Crippen LogP contribution is 2.14. The fraction of sp³-hybridized carbons (Fsp3) is 0.571. The topological polar surface area (TPSA) is 81.2 Å². The Morgan fingerprint density at radius 2 is 2.05 bits per heavy atom. The summed E-state index contributed by atoms with van der Waals surface area (Å²) in [4.78, 5) is 11.4. The predicted molar refractivity (Wildman–Crippen MR) is 84.0 cm³/mol. The number of likely N-dealkylation sites (N-methyl/N-ethyl adjacent to an activating group) is 1. The molecule has 7 heteroatoms. The summed E-state index contributed by atoms with van der Waals surface area (Å²) in [6.07, 6.45) is 0. The highest BCUT2D eigenvalue weighted by molar-refractivity contribution is 5.95. The van der Waals surface area contributed by atoms with Crippen molar-refractivity contribution < 1.29 is 5.21 Å². The molecule has 1 aliphatic heterocycles. The van der Waals surface area contributed by atoms with Crippen molar-refractivity contribution in [3.63, 3.8) is 0 Å². The van der Waals surface area contributed by atoms with Gasteiger partial charge in [-0.2, -0.15) is 0 Å². The molecule has 1 saturated heterocycles. The lowest BCUT2D eigenvalue weighted by Gasteiger charge is -2.35. The quantitative estimate of drug-likeness (QED) is 0.340. The van der Waals surface area contributed by atoms with Gasteiger partial charge in [0.15, 0.2) is 5.84 Å². The van der Waals surface area contributed by atoms with Crippen LogP contribution in [0.1, 0.15) is 5.69 Å². The molecule has 0 aliphatic carbocycles. The van der Waals surface area contributed by atoms with E-state index in [1.54, 1.807) is 6.07 Å². The number of hydrogen-bond donors (Lipinski definition) is 2. The monoisotopic (exact) mass is 292 g/mol. The third-order valence-corrected chi connectivity index (χ3v) is 3.66. The van der Waals surface area contributed by atoms with Crippen LogP contribution in [-0.2, 0) is 0 Å². The maximum Gasteiger partial charge on any atom is 0.188 e. The number of oxime groups is 1. The van der Waals surface area contributed by atoms with Crippen LogP contribution >= 0.6 is 0 Å². The molecule has 0 amide bonds. The van der Waals surface area contributed by atoms with Crippen LogP contribution < -0.4 is 10.6 Å². The summed E-state index contributed by atoms with van der Waals surface area (Å²) in [5.74, 6) is 0.924. The zero-order chi connectivity index (χ0) is 15.2. The molecule has 0 radical (unpaired) electrons. The molecule has 0 saturated carbocycles. The smallest absolute Gasteiger partial charge is 0.188 e. The maximum absolute atomic E-state index is 8.73. The lowest BCUT2D eigenvalue weighted by atomic mass is 10.2. The van der Waals surface area contributed by atoms with E-state index < -0.39 is 0 Å². The SMILES string of the molecule is CN(C)CCN1CCN(c2cccc(C(N)=NO)n2)CC1. The number of piperazine rings is 1. The zero-order valence-corrected chi connectivity index (χ0v) is 12.7. The minimum atomic E-state index is 0.0430. The Kier molecular flexibility index (Phi) is 5.35. The van der Waals surface area contributed by atoms with E-state index in [0.717, 1.165) is 45.1 Å². The molecule has 1 aliphatic rings. The van der Waals surface area contributed by atoms with Crippen LogP contribution in [0.2, 0.25) is 0 Å². The fourth-order valence-corrected chi connectivity index (χ4v) is 2.34. The Labute approximate surface area is 125 Å². The van der Waals surface area contributed by atoms with Crippen molar-refractivity contribution in [1.82, 2.24) is 14.8 Å². The molecule has 0 spiro atoms. The van der Waals surface area contributed by atoms with E-state index in [1.165, 1.54) is 0 Å². The zero-order valence-electron chi connectivity index (χ0n) is 12.7. The molecular formula is C14H24N6O. The molecule has 0 unspecified atom stereocenters. The summed E-state index contributed by atoms with van der Waals surface area (Å²) in [6, 6.07) is 5.59. The van der Waals surface area contributed by atoms with Gasteiger partial charge >= 0.3 is 0 Å². The van der Waals surface area contributed by atoms with E-state index >= 15 is 0 Å². The summed E-state index contributed by atoms with van der Waals surface area (Å²) < 4.78 is 0. The van der Waals surface area contributed by atoms with E-state index in [-0.39, 0.29) is 5.84 Å². The van der Waals surface area contributed by atoms with Crippen LogP contribution in [0, 0.1) is 0 Å². The summed E-state index contributed by atoms with van der Waals surface area (Å²) in [5, 5.41) is 11.7. The molecule has 116 valence electrons. The van der Waals surface area contributed by atoms with Crippen LogP contribution in [-0.4, -0.2) is 79.2 Å². The van der Waals surface area contributed by atoms with Crippen molar-refractivity contribution in [2.75, 3.05) is 58.3 Å². The number of anilines is 1. The molecule has 1 fully saturated rings. The Balaban J connectivity index is 1.93. The van der Waals surface area contributed by atoms with Gasteiger partial charge in [0, 0.05) is 39.3 Å². The summed E-state index contributed by atoms with van der Waals surface area (Å²) in [7, 11) is 4.19. The van der Waals surface area contributed by atoms with Gasteiger partial charge < -0.3 is 20.7 Å². The fourth-order valence-electron chi connectivity index (χ4n) is 2.34. The van der Waals surface area contributed by atoms with E-state index in [2.05, 4.69) is 38.9 Å². The lowest BCUT2D eigenvalue weighted by Crippen LogP contribution is -2.48. The van der Waals surface area contributed by atoms with Crippen LogP contribution in [0.5, 0.6) is 0 Å². The minimum absolute atomic E-state index is 0.0430. The first-order chi connectivity index (χ1) is 10.1. The number of pyridine rings is 1. The highest BCUT2D eigenvalue weighted by atomic mass is 16.4. The first-order valence-corrected chi connectivity index (χ1v) is 7.17. The Morgan fingerprint density at radius 1 is 1.33 bits per heavy atom. The molecule has 1 aromatic rings. The Hall–Kier alpha value is -1.86. The van der Waals surface area contributed by atoms with E-state index in [1.807, 2.05) is 12.1 Å². The molecule has 21 heavy (non-hydrogen) atoms. The second-order valence-electron chi connectivity index (χ2n) is 5.50. The predicted octanol–water partition coefficient (Wildman–Crippen LogP) is -0.140. The lowest BCUT2D eigenvalue weighted by molar-refractivity contribution is 0.229. The minimum Gasteiger partial charge on any atom is -0.409 e. The standard InChI is InChI=1S/C14H24N6O/c1-18(2)6-7-19-8-10-20(11-9-19)13-5-3-4-12(16-13)14(15)17-21/h3-5,21H,6-11H2,1-2H3,(H2,15,17). The number of rotatable bonds is 5. The summed E-state index contributed by atoms with van der Waals surface area (Å²) in [5.41, 5.74) is 6.09. The van der Waals surface area contributed by atoms with Crippen molar-refractivity contribution in [1.29, 1.82) is 0 Å². The Morgan fingerprint density at radius 3 is 2.67 bits per heavy atom. The third kappa shape index (κ3) is 4.30. The van der Waals surface area contributed by atoms with E-state index in [0.29, 0.717) is 5.69 Å². The van der Waals surface area contributed by atoms with Gasteiger partial charge in [-0.05, 0) is 26.2 Å². The average Bonchev–Trinajstić information content (AvgIpc) is 2.52. The van der Waals surface area contributed by atoms with Gasteiger partial charge in [-0.1, -0.05) is 11.2 Å². The number of aromatic nitrogens is 1. The number of amidine groups is 1. The third-order valence-electron chi connectivity index (χ3n) is 3.66. The van der Waals surface area contributed by atoms with E-state index in [4.69, 9.17) is 10.9 Å². The van der Waals surface area contributed by atoms with Crippen molar-refractivity contribution in [2.45, 2.75) is 0 Å². The van der Waals surface area contributed by atoms with Gasteiger partial charge in [0.1, 0.15) is 11.5 Å². The van der Waals surface area contributed by atoms with Crippen molar-refractivity contribution >= 4 is 11.7 Å². The van der Waals surface area contributed by atoms with Crippen LogP contribution in [0.15, 0.2) is 23.4 Å². The molecule has 2 rings (SSSR count). The number of nitrogens with zero attached hydrogens (tertiary/aromatic N) is 5. The normalized spacial score (nSPS) is 17.5. The molecule has 0 atom stereocenters. The second-order valence-corrected chi connectivity index (χ2v) is 5.50. The van der Waals surface area contributed by atoms with Crippen LogP contribution in [0.25, 0.3) is 0 Å². The molecular weight excluding hydrogens is 268 g/mol. The van der Waals surface area contributed by atoms with Gasteiger partial charge in [0.25, 0.3) is 0 Å². The number of nitrogens with two attached hydrogens (primary N) is 1. The average molecular weight is 292 g/mol. The van der Waals surface area contributed by atoms with E-state index in [9.17, 15) is 0 Å². The van der Waals surface area contributed by atoms with Crippen LogP contribution in [0.3, 0.4) is 0 Å². The maximum atomic E-state index is 8.73. The summed E-state index contributed by atoms with van der Waals surface area (Å²) >= 11 is 0. The first kappa shape index (κ1) is 15.5. The van der Waals surface area contributed by atoms with Crippen molar-refractivity contribution in [3.8, 4) is 0 Å². The molecule has 7 nitrogen and oxygen atoms in total. The highest BCUT2D eigenvalue weighted by Gasteiger charge is 2.18. The summed E-state index contributed by atoms with van der Waals surface area (Å²) in [6.45, 7) is 6.13. The Bertz CT molecular complexity index is 482. The molecule has 1 aromatic heterocycles. The van der Waals surface area contributed by atoms with Gasteiger partial charge in [-0.25, -0.2) is 4.98 Å². The first-order valence-electron chi connectivity index (χ1n) is 7.17. The molecule has 0 aromatic carbocycles. The van der Waals surface area contributed by atoms with Crippen molar-refractivity contribution in [3.05, 3.63) is 23.9 Å². The second kappa shape index (κ2) is 7.24.